The number of hydrogen-bond acceptors (Lipinski definition) is 4. The van der Waals surface area contributed by atoms with Gasteiger partial charge in [-0.15, -0.1) is 0 Å². The Balaban J connectivity index is 2.18. The second kappa shape index (κ2) is 4.28. The molecule has 0 heterocycles. The summed E-state index contributed by atoms with van der Waals surface area (Å²) < 4.78 is 5.40. The molecular formula is C14H20N2O2. The van der Waals surface area contributed by atoms with Gasteiger partial charge in [0.15, 0.2) is 0 Å². The Hall–Kier alpha value is -1.55. The van der Waals surface area contributed by atoms with Gasteiger partial charge in [0.2, 0.25) is 0 Å². The van der Waals surface area contributed by atoms with Crippen molar-refractivity contribution in [1.29, 1.82) is 0 Å². The molecule has 0 radical (unpaired) electrons. The van der Waals surface area contributed by atoms with E-state index in [2.05, 4.69) is 0 Å². The lowest BCUT2D eigenvalue weighted by molar-refractivity contribution is -0.160. The summed E-state index contributed by atoms with van der Waals surface area (Å²) in [5, 5.41) is 0. The van der Waals surface area contributed by atoms with E-state index in [1.165, 1.54) is 0 Å². The van der Waals surface area contributed by atoms with Crippen molar-refractivity contribution < 1.29 is 9.53 Å². The lowest BCUT2D eigenvalue weighted by Gasteiger charge is -2.23. The molecule has 1 aliphatic carbocycles. The van der Waals surface area contributed by atoms with E-state index in [-0.39, 0.29) is 17.9 Å². The quantitative estimate of drug-likeness (QED) is 0.586. The highest BCUT2D eigenvalue weighted by Gasteiger charge is 2.37. The summed E-state index contributed by atoms with van der Waals surface area (Å²) in [5.74, 6) is -0.536. The Morgan fingerprint density at radius 2 is 2.06 bits per heavy atom. The van der Waals surface area contributed by atoms with Gasteiger partial charge in [0.05, 0.1) is 5.92 Å². The third kappa shape index (κ3) is 2.48. The second-order valence-corrected chi connectivity index (χ2v) is 5.83. The van der Waals surface area contributed by atoms with E-state index < -0.39 is 5.60 Å². The molecule has 0 spiro atoms. The number of nitrogen functional groups attached to an aromatic ring is 1. The fraction of sp³-hybridized carbons (Fsp3) is 0.500. The van der Waals surface area contributed by atoms with Crippen molar-refractivity contribution in [3.05, 3.63) is 29.3 Å². The maximum atomic E-state index is 12.1. The SMILES string of the molecule is CC(C)(C)OC(=O)C1Cc2cc(N)ccc2C1N. The number of carbonyl (C=O) groups excluding carboxylic acids is 1. The summed E-state index contributed by atoms with van der Waals surface area (Å²) in [6.07, 6.45) is 0.608. The van der Waals surface area contributed by atoms with Crippen molar-refractivity contribution in [1.82, 2.24) is 0 Å². The second-order valence-electron chi connectivity index (χ2n) is 5.83. The molecule has 1 aromatic rings. The smallest absolute Gasteiger partial charge is 0.311 e. The Morgan fingerprint density at radius 1 is 1.39 bits per heavy atom. The molecular weight excluding hydrogens is 228 g/mol. The number of nitrogens with two attached hydrogens (primary N) is 2. The third-order valence-corrected chi connectivity index (χ3v) is 3.11. The largest absolute Gasteiger partial charge is 0.460 e. The number of ether oxygens (including phenoxy) is 1. The van der Waals surface area contributed by atoms with E-state index >= 15 is 0 Å². The predicted octanol–water partition coefficient (Wildman–Crippen LogP) is 1.78. The van der Waals surface area contributed by atoms with Crippen LogP contribution >= 0.6 is 0 Å². The first kappa shape index (κ1) is 12.9. The van der Waals surface area contributed by atoms with Crippen molar-refractivity contribution in [2.45, 2.75) is 38.8 Å². The number of carbonyl (C=O) groups is 1. The monoisotopic (exact) mass is 248 g/mol. The average Bonchev–Trinajstić information content (AvgIpc) is 2.53. The van der Waals surface area contributed by atoms with Crippen LogP contribution in [-0.2, 0) is 16.0 Å². The minimum Gasteiger partial charge on any atom is -0.460 e. The van der Waals surface area contributed by atoms with Crippen LogP contribution in [0.25, 0.3) is 0 Å². The zero-order chi connectivity index (χ0) is 13.5. The fourth-order valence-corrected chi connectivity index (χ4v) is 2.32. The molecule has 0 amide bonds. The van der Waals surface area contributed by atoms with Crippen molar-refractivity contribution in [3.8, 4) is 0 Å². The molecule has 0 saturated carbocycles. The third-order valence-electron chi connectivity index (χ3n) is 3.11. The van der Waals surface area contributed by atoms with Crippen LogP contribution in [0.1, 0.15) is 37.9 Å². The van der Waals surface area contributed by atoms with Crippen molar-refractivity contribution >= 4 is 11.7 Å². The summed E-state index contributed by atoms with van der Waals surface area (Å²) >= 11 is 0. The highest BCUT2D eigenvalue weighted by atomic mass is 16.6. The molecule has 0 bridgehead atoms. The van der Waals surface area contributed by atoms with Gasteiger partial charge < -0.3 is 16.2 Å². The average molecular weight is 248 g/mol. The molecule has 2 atom stereocenters. The molecule has 4 heteroatoms. The highest BCUT2D eigenvalue weighted by molar-refractivity contribution is 5.76. The minimum absolute atomic E-state index is 0.232. The lowest BCUT2D eigenvalue weighted by Crippen LogP contribution is -2.32. The lowest BCUT2D eigenvalue weighted by atomic mass is 10.0. The number of esters is 1. The normalized spacial score (nSPS) is 22.7. The molecule has 0 aromatic heterocycles. The summed E-state index contributed by atoms with van der Waals surface area (Å²) in [5.41, 5.74) is 14.1. The van der Waals surface area contributed by atoms with E-state index in [0.29, 0.717) is 12.1 Å². The molecule has 4 nitrogen and oxygen atoms in total. The van der Waals surface area contributed by atoms with E-state index in [1.54, 1.807) is 0 Å². The number of anilines is 1. The zero-order valence-corrected chi connectivity index (χ0v) is 11.1. The Morgan fingerprint density at radius 3 is 2.67 bits per heavy atom. The van der Waals surface area contributed by atoms with Gasteiger partial charge in [-0.1, -0.05) is 6.07 Å². The van der Waals surface area contributed by atoms with Gasteiger partial charge in [0, 0.05) is 11.7 Å². The number of benzene rings is 1. The summed E-state index contributed by atoms with van der Waals surface area (Å²) in [6.45, 7) is 5.57. The van der Waals surface area contributed by atoms with Crippen LogP contribution in [0.4, 0.5) is 5.69 Å². The first-order valence-corrected chi connectivity index (χ1v) is 6.14. The van der Waals surface area contributed by atoms with Crippen molar-refractivity contribution in [2.75, 3.05) is 5.73 Å². The minimum atomic E-state index is -0.482. The maximum absolute atomic E-state index is 12.1. The first-order chi connectivity index (χ1) is 8.28. The van der Waals surface area contributed by atoms with Gasteiger partial charge in [0.1, 0.15) is 5.60 Å². The van der Waals surface area contributed by atoms with Crippen LogP contribution in [0.5, 0.6) is 0 Å². The zero-order valence-electron chi connectivity index (χ0n) is 11.1. The first-order valence-electron chi connectivity index (χ1n) is 6.14. The van der Waals surface area contributed by atoms with Gasteiger partial charge in [-0.25, -0.2) is 0 Å². The number of fused-ring (bicyclic) bond motifs is 1. The van der Waals surface area contributed by atoms with Gasteiger partial charge in [0.25, 0.3) is 0 Å². The van der Waals surface area contributed by atoms with Crippen LogP contribution in [0.3, 0.4) is 0 Å². The topological polar surface area (TPSA) is 78.3 Å². The maximum Gasteiger partial charge on any atom is 0.311 e. The molecule has 0 saturated heterocycles. The number of rotatable bonds is 1. The molecule has 18 heavy (non-hydrogen) atoms. The number of hydrogen-bond donors (Lipinski definition) is 2. The fourth-order valence-electron chi connectivity index (χ4n) is 2.32. The van der Waals surface area contributed by atoms with Gasteiger partial charge >= 0.3 is 5.97 Å². The highest BCUT2D eigenvalue weighted by Crippen LogP contribution is 2.36. The predicted molar refractivity (Wildman–Crippen MR) is 70.8 cm³/mol. The van der Waals surface area contributed by atoms with E-state index in [4.69, 9.17) is 16.2 Å². The Bertz CT molecular complexity index is 477. The van der Waals surface area contributed by atoms with Crippen LogP contribution < -0.4 is 11.5 Å². The van der Waals surface area contributed by atoms with Crippen molar-refractivity contribution in [2.24, 2.45) is 11.7 Å². The molecule has 4 N–H and O–H groups in total. The van der Waals surface area contributed by atoms with E-state index in [0.717, 1.165) is 11.1 Å². The molecule has 2 rings (SSSR count). The van der Waals surface area contributed by atoms with Gasteiger partial charge in [-0.2, -0.15) is 0 Å². The van der Waals surface area contributed by atoms with Crippen molar-refractivity contribution in [3.63, 3.8) is 0 Å². The van der Waals surface area contributed by atoms with Crippen LogP contribution in [0.15, 0.2) is 18.2 Å². The van der Waals surface area contributed by atoms with E-state index in [9.17, 15) is 4.79 Å². The molecule has 0 fully saturated rings. The van der Waals surface area contributed by atoms with Gasteiger partial charge in [-0.3, -0.25) is 4.79 Å². The molecule has 98 valence electrons. The molecule has 1 aromatic carbocycles. The van der Waals surface area contributed by atoms with Crippen LogP contribution in [0.2, 0.25) is 0 Å². The standard InChI is InChI=1S/C14H20N2O2/c1-14(2,3)18-13(17)11-7-8-6-9(15)4-5-10(8)12(11)16/h4-6,11-12H,7,15-16H2,1-3H3. The summed E-state index contributed by atoms with van der Waals surface area (Å²) in [6, 6.07) is 5.31. The molecule has 2 unspecified atom stereocenters. The van der Waals surface area contributed by atoms with Crippen LogP contribution in [-0.4, -0.2) is 11.6 Å². The van der Waals surface area contributed by atoms with E-state index in [1.807, 2.05) is 39.0 Å². The summed E-state index contributed by atoms with van der Waals surface area (Å²) in [7, 11) is 0. The van der Waals surface area contributed by atoms with Gasteiger partial charge in [-0.05, 0) is 50.5 Å². The molecule has 0 aliphatic heterocycles. The van der Waals surface area contributed by atoms with Crippen LogP contribution in [0, 0.1) is 5.92 Å². The summed E-state index contributed by atoms with van der Waals surface area (Å²) in [4.78, 5) is 12.1. The Kier molecular flexibility index (Phi) is 3.07. The Labute approximate surface area is 107 Å². The molecule has 1 aliphatic rings.